The summed E-state index contributed by atoms with van der Waals surface area (Å²) in [7, 11) is 1.59. The van der Waals surface area contributed by atoms with Crippen LogP contribution in [0.4, 0.5) is 0 Å². The number of carbonyl (C=O) groups excluding carboxylic acids is 1. The number of rotatable bonds is 6. The van der Waals surface area contributed by atoms with E-state index in [-0.39, 0.29) is 18.0 Å². The van der Waals surface area contributed by atoms with Gasteiger partial charge in [-0.2, -0.15) is 0 Å². The normalized spacial score (nSPS) is 17.3. The molecule has 1 aliphatic heterocycles. The van der Waals surface area contributed by atoms with Crippen molar-refractivity contribution in [1.29, 1.82) is 0 Å². The third-order valence-corrected chi connectivity index (χ3v) is 4.27. The Bertz CT molecular complexity index is 765. The predicted octanol–water partition coefficient (Wildman–Crippen LogP) is 1.68. The van der Waals surface area contributed by atoms with E-state index in [0.717, 1.165) is 23.7 Å². The van der Waals surface area contributed by atoms with Crippen molar-refractivity contribution in [3.8, 4) is 0 Å². The van der Waals surface area contributed by atoms with Crippen LogP contribution in [-0.4, -0.2) is 48.8 Å². The maximum absolute atomic E-state index is 12.7. The van der Waals surface area contributed by atoms with Gasteiger partial charge < -0.3 is 19.4 Å². The van der Waals surface area contributed by atoms with Gasteiger partial charge in [0, 0.05) is 31.3 Å². The molecule has 6 nitrogen and oxygen atoms in total. The Morgan fingerprint density at radius 3 is 3.00 bits per heavy atom. The number of methoxy groups -OCH3 is 1. The Kier molecular flexibility index (Phi) is 5.27. The molecule has 1 aliphatic rings. The first-order valence-electron chi connectivity index (χ1n) is 8.19. The van der Waals surface area contributed by atoms with Gasteiger partial charge in [-0.05, 0) is 30.4 Å². The molecule has 0 unspecified atom stereocenters. The van der Waals surface area contributed by atoms with Gasteiger partial charge in [0.05, 0.1) is 13.2 Å². The largest absolute Gasteiger partial charge is 0.383 e. The van der Waals surface area contributed by atoms with E-state index >= 15 is 0 Å². The van der Waals surface area contributed by atoms with E-state index in [4.69, 9.17) is 9.47 Å². The van der Waals surface area contributed by atoms with Gasteiger partial charge in [0.25, 0.3) is 11.5 Å². The molecular weight excluding hydrogens is 308 g/mol. The number of fused-ring (bicyclic) bond motifs is 1. The SMILES string of the molecule is COCCN(Cc1cc2ccccc2[nH]c1=O)C(=O)[C@@H]1CCCO1. The summed E-state index contributed by atoms with van der Waals surface area (Å²) in [4.78, 5) is 29.5. The minimum Gasteiger partial charge on any atom is -0.383 e. The quantitative estimate of drug-likeness (QED) is 0.875. The number of ether oxygens (including phenoxy) is 2. The summed E-state index contributed by atoms with van der Waals surface area (Å²) in [5.41, 5.74) is 1.19. The molecule has 128 valence electrons. The lowest BCUT2D eigenvalue weighted by molar-refractivity contribution is -0.142. The third-order valence-electron chi connectivity index (χ3n) is 4.27. The smallest absolute Gasteiger partial charge is 0.253 e. The van der Waals surface area contributed by atoms with Crippen LogP contribution in [0.3, 0.4) is 0 Å². The highest BCUT2D eigenvalue weighted by atomic mass is 16.5. The zero-order chi connectivity index (χ0) is 16.9. The molecule has 1 amide bonds. The number of nitrogens with zero attached hydrogens (tertiary/aromatic N) is 1. The summed E-state index contributed by atoms with van der Waals surface area (Å²) >= 11 is 0. The second kappa shape index (κ2) is 7.59. The highest BCUT2D eigenvalue weighted by molar-refractivity contribution is 5.82. The summed E-state index contributed by atoms with van der Waals surface area (Å²) < 4.78 is 10.6. The van der Waals surface area contributed by atoms with Crippen molar-refractivity contribution in [3.05, 3.63) is 46.2 Å². The Hall–Kier alpha value is -2.18. The number of nitrogens with one attached hydrogen (secondary N) is 1. The van der Waals surface area contributed by atoms with Crippen molar-refractivity contribution >= 4 is 16.8 Å². The fourth-order valence-corrected chi connectivity index (χ4v) is 2.96. The van der Waals surface area contributed by atoms with Gasteiger partial charge in [-0.1, -0.05) is 18.2 Å². The van der Waals surface area contributed by atoms with E-state index in [2.05, 4.69) is 4.98 Å². The highest BCUT2D eigenvalue weighted by Crippen LogP contribution is 2.17. The molecule has 1 aromatic heterocycles. The molecule has 1 fully saturated rings. The number of hydrogen-bond acceptors (Lipinski definition) is 4. The van der Waals surface area contributed by atoms with Gasteiger partial charge in [-0.25, -0.2) is 0 Å². The second-order valence-electron chi connectivity index (χ2n) is 5.97. The monoisotopic (exact) mass is 330 g/mol. The zero-order valence-corrected chi connectivity index (χ0v) is 13.8. The van der Waals surface area contributed by atoms with Crippen molar-refractivity contribution in [2.45, 2.75) is 25.5 Å². The molecule has 2 heterocycles. The van der Waals surface area contributed by atoms with E-state index in [1.165, 1.54) is 0 Å². The van der Waals surface area contributed by atoms with Crippen LogP contribution in [0, 0.1) is 0 Å². The van der Waals surface area contributed by atoms with Crippen molar-refractivity contribution < 1.29 is 14.3 Å². The van der Waals surface area contributed by atoms with Gasteiger partial charge in [-0.3, -0.25) is 9.59 Å². The second-order valence-corrected chi connectivity index (χ2v) is 5.97. The molecule has 3 rings (SSSR count). The van der Waals surface area contributed by atoms with Gasteiger partial charge in [0.1, 0.15) is 6.10 Å². The Labute approximate surface area is 140 Å². The van der Waals surface area contributed by atoms with Crippen LogP contribution in [0.1, 0.15) is 18.4 Å². The van der Waals surface area contributed by atoms with Gasteiger partial charge in [-0.15, -0.1) is 0 Å². The minimum absolute atomic E-state index is 0.0721. The van der Waals surface area contributed by atoms with Crippen LogP contribution in [0.5, 0.6) is 0 Å². The van der Waals surface area contributed by atoms with Crippen molar-refractivity contribution in [3.63, 3.8) is 0 Å². The van der Waals surface area contributed by atoms with E-state index in [1.807, 2.05) is 30.3 Å². The van der Waals surface area contributed by atoms with Crippen LogP contribution in [0.25, 0.3) is 10.9 Å². The molecule has 0 saturated carbocycles. The van der Waals surface area contributed by atoms with Crippen molar-refractivity contribution in [1.82, 2.24) is 9.88 Å². The Balaban J connectivity index is 1.84. The maximum atomic E-state index is 12.7. The topological polar surface area (TPSA) is 71.6 Å². The number of carbonyl (C=O) groups is 1. The number of benzene rings is 1. The van der Waals surface area contributed by atoms with E-state index in [0.29, 0.717) is 25.3 Å². The number of pyridine rings is 1. The molecule has 1 atom stereocenters. The summed E-state index contributed by atoms with van der Waals surface area (Å²) in [6, 6.07) is 9.45. The first-order valence-corrected chi connectivity index (χ1v) is 8.19. The van der Waals surface area contributed by atoms with E-state index in [1.54, 1.807) is 12.0 Å². The number of hydrogen-bond donors (Lipinski definition) is 1. The average Bonchev–Trinajstić information content (AvgIpc) is 3.13. The first-order chi connectivity index (χ1) is 11.7. The van der Waals surface area contributed by atoms with Crippen LogP contribution >= 0.6 is 0 Å². The van der Waals surface area contributed by atoms with Crippen LogP contribution in [0.15, 0.2) is 35.1 Å². The average molecular weight is 330 g/mol. The van der Waals surface area contributed by atoms with E-state index < -0.39 is 6.10 Å². The molecule has 1 saturated heterocycles. The molecule has 2 aromatic rings. The minimum atomic E-state index is -0.401. The zero-order valence-electron chi connectivity index (χ0n) is 13.8. The molecule has 1 aromatic carbocycles. The van der Waals surface area contributed by atoms with Gasteiger partial charge >= 0.3 is 0 Å². The Morgan fingerprint density at radius 1 is 1.42 bits per heavy atom. The first kappa shape index (κ1) is 16.7. The molecule has 0 spiro atoms. The molecule has 1 N–H and O–H groups in total. The fourth-order valence-electron chi connectivity index (χ4n) is 2.96. The van der Waals surface area contributed by atoms with Gasteiger partial charge in [0.15, 0.2) is 0 Å². The number of H-pyrrole nitrogens is 1. The van der Waals surface area contributed by atoms with E-state index in [9.17, 15) is 9.59 Å². The third kappa shape index (κ3) is 3.66. The molecule has 6 heteroatoms. The standard InChI is InChI=1S/C18H22N2O4/c1-23-10-8-20(18(22)16-7-4-9-24-16)12-14-11-13-5-2-3-6-15(13)19-17(14)21/h2-3,5-6,11,16H,4,7-10,12H2,1H3,(H,19,21)/t16-/m0/s1. The molecule has 0 bridgehead atoms. The number of aromatic amines is 1. The molecular formula is C18H22N2O4. The highest BCUT2D eigenvalue weighted by Gasteiger charge is 2.28. The summed E-state index contributed by atoms with van der Waals surface area (Å²) in [6.45, 7) is 1.72. The lowest BCUT2D eigenvalue weighted by atomic mass is 10.1. The fraction of sp³-hybridized carbons (Fsp3) is 0.444. The summed E-state index contributed by atoms with van der Waals surface area (Å²) in [5, 5.41) is 0.948. The van der Waals surface area contributed by atoms with Crippen LogP contribution in [-0.2, 0) is 20.8 Å². The molecule has 0 aliphatic carbocycles. The van der Waals surface area contributed by atoms with Crippen LogP contribution < -0.4 is 5.56 Å². The summed E-state index contributed by atoms with van der Waals surface area (Å²) in [5.74, 6) is -0.0721. The summed E-state index contributed by atoms with van der Waals surface area (Å²) in [6.07, 6.45) is 1.22. The lowest BCUT2D eigenvalue weighted by Crippen LogP contribution is -2.41. The molecule has 0 radical (unpaired) electrons. The van der Waals surface area contributed by atoms with Crippen molar-refractivity contribution in [2.24, 2.45) is 0 Å². The maximum Gasteiger partial charge on any atom is 0.253 e. The van der Waals surface area contributed by atoms with Crippen LogP contribution in [0.2, 0.25) is 0 Å². The number of para-hydroxylation sites is 1. The Morgan fingerprint density at radius 2 is 2.25 bits per heavy atom. The number of amides is 1. The van der Waals surface area contributed by atoms with Crippen molar-refractivity contribution in [2.75, 3.05) is 26.9 Å². The number of aromatic nitrogens is 1. The lowest BCUT2D eigenvalue weighted by Gasteiger charge is -2.25. The predicted molar refractivity (Wildman–Crippen MR) is 90.8 cm³/mol. The molecule has 24 heavy (non-hydrogen) atoms. The van der Waals surface area contributed by atoms with Gasteiger partial charge in [0.2, 0.25) is 0 Å².